The molecule has 0 aliphatic rings. The number of carbonyl (C=O) groups excluding carboxylic acids is 1. The van der Waals surface area contributed by atoms with Gasteiger partial charge in [-0.05, 0) is 60.6 Å². The van der Waals surface area contributed by atoms with E-state index in [-0.39, 0.29) is 10.7 Å². The van der Waals surface area contributed by atoms with Gasteiger partial charge in [0.2, 0.25) is 5.75 Å². The maximum absolute atomic E-state index is 12.9. The molecule has 0 bridgehead atoms. The van der Waals surface area contributed by atoms with Crippen molar-refractivity contribution in [1.82, 2.24) is 5.32 Å². The SMILES string of the molecule is COc1cc(C(=O)NC(=S)Nc2cc(-c3cc4ccccc4oc3=O)ccc2C)cc(OC)c1OC. The van der Waals surface area contributed by atoms with Gasteiger partial charge in [0.25, 0.3) is 5.91 Å². The first-order chi connectivity index (χ1) is 17.3. The number of para-hydroxylation sites is 1. The monoisotopic (exact) mass is 504 g/mol. The maximum Gasteiger partial charge on any atom is 0.344 e. The van der Waals surface area contributed by atoms with E-state index in [0.717, 1.165) is 10.9 Å². The molecule has 3 aromatic carbocycles. The molecule has 1 aromatic heterocycles. The van der Waals surface area contributed by atoms with Crippen molar-refractivity contribution in [2.75, 3.05) is 26.6 Å². The highest BCUT2D eigenvalue weighted by Crippen LogP contribution is 2.38. The number of thiocarbonyl (C=S) groups is 1. The molecule has 8 nitrogen and oxygen atoms in total. The quantitative estimate of drug-likeness (QED) is 0.282. The standard InChI is InChI=1S/C27H24N2O6S/c1-15-9-10-16(19-11-17-7-5-6-8-21(17)35-26(19)31)12-20(15)28-27(36)29-25(30)18-13-22(32-2)24(34-4)23(14-18)33-3/h5-14H,1-4H3,(H2,28,29,30,36). The lowest BCUT2D eigenvalue weighted by Gasteiger charge is -2.15. The molecule has 184 valence electrons. The molecule has 0 saturated heterocycles. The summed E-state index contributed by atoms with van der Waals surface area (Å²) in [5, 5.41) is 6.59. The molecule has 36 heavy (non-hydrogen) atoms. The van der Waals surface area contributed by atoms with Gasteiger partial charge >= 0.3 is 5.63 Å². The van der Waals surface area contributed by atoms with E-state index in [1.807, 2.05) is 37.3 Å². The average Bonchev–Trinajstić information content (AvgIpc) is 2.88. The third-order valence-corrected chi connectivity index (χ3v) is 5.80. The summed E-state index contributed by atoms with van der Waals surface area (Å²) in [5.41, 5.74) is 2.93. The van der Waals surface area contributed by atoms with E-state index in [1.54, 1.807) is 18.2 Å². The van der Waals surface area contributed by atoms with Crippen molar-refractivity contribution < 1.29 is 23.4 Å². The second-order valence-electron chi connectivity index (χ2n) is 7.84. The summed E-state index contributed by atoms with van der Waals surface area (Å²) in [4.78, 5) is 25.5. The molecule has 4 rings (SSSR count). The second-order valence-corrected chi connectivity index (χ2v) is 8.25. The van der Waals surface area contributed by atoms with Gasteiger partial charge in [0.05, 0.1) is 26.9 Å². The van der Waals surface area contributed by atoms with Gasteiger partial charge in [-0.3, -0.25) is 10.1 Å². The van der Waals surface area contributed by atoms with Gasteiger partial charge in [0, 0.05) is 16.6 Å². The Hall–Kier alpha value is -4.37. The summed E-state index contributed by atoms with van der Waals surface area (Å²) in [7, 11) is 4.42. The first-order valence-electron chi connectivity index (χ1n) is 10.9. The molecule has 0 aliphatic carbocycles. The van der Waals surface area contributed by atoms with Crippen molar-refractivity contribution in [3.8, 4) is 28.4 Å². The number of anilines is 1. The summed E-state index contributed by atoms with van der Waals surface area (Å²) in [5.74, 6) is 0.607. The normalized spacial score (nSPS) is 10.6. The number of carbonyl (C=O) groups is 1. The van der Waals surface area contributed by atoms with Crippen LogP contribution in [0.1, 0.15) is 15.9 Å². The first-order valence-corrected chi connectivity index (χ1v) is 11.3. The van der Waals surface area contributed by atoms with Crippen LogP contribution in [-0.2, 0) is 0 Å². The fourth-order valence-corrected chi connectivity index (χ4v) is 3.93. The Morgan fingerprint density at radius 2 is 1.61 bits per heavy atom. The van der Waals surface area contributed by atoms with E-state index in [0.29, 0.717) is 39.6 Å². The molecular weight excluding hydrogens is 480 g/mol. The summed E-state index contributed by atoms with van der Waals surface area (Å²) in [6.07, 6.45) is 0. The number of hydrogen-bond donors (Lipinski definition) is 2. The first kappa shape index (κ1) is 24.7. The van der Waals surface area contributed by atoms with Gasteiger partial charge in [-0.1, -0.05) is 30.3 Å². The maximum atomic E-state index is 12.9. The smallest absolute Gasteiger partial charge is 0.344 e. The van der Waals surface area contributed by atoms with Crippen LogP contribution in [0.3, 0.4) is 0 Å². The molecule has 0 aliphatic heterocycles. The third kappa shape index (κ3) is 5.01. The largest absolute Gasteiger partial charge is 0.493 e. The Balaban J connectivity index is 1.57. The molecule has 0 fully saturated rings. The van der Waals surface area contributed by atoms with Crippen LogP contribution >= 0.6 is 12.2 Å². The summed E-state index contributed by atoms with van der Waals surface area (Å²) in [6.45, 7) is 1.89. The number of ether oxygens (including phenoxy) is 3. The lowest BCUT2D eigenvalue weighted by atomic mass is 10.0. The fourth-order valence-electron chi connectivity index (χ4n) is 3.73. The van der Waals surface area contributed by atoms with E-state index < -0.39 is 11.5 Å². The number of amides is 1. The van der Waals surface area contributed by atoms with Gasteiger partial charge in [0.15, 0.2) is 16.6 Å². The van der Waals surface area contributed by atoms with Crippen LogP contribution in [0.15, 0.2) is 69.9 Å². The molecule has 0 unspecified atom stereocenters. The lowest BCUT2D eigenvalue weighted by Crippen LogP contribution is -2.34. The molecule has 0 radical (unpaired) electrons. The zero-order chi connectivity index (χ0) is 25.8. The lowest BCUT2D eigenvalue weighted by molar-refractivity contribution is 0.0977. The minimum absolute atomic E-state index is 0.0829. The van der Waals surface area contributed by atoms with Gasteiger partial charge in [-0.25, -0.2) is 4.79 Å². The Kier molecular flexibility index (Phi) is 7.21. The molecule has 0 saturated carbocycles. The Morgan fingerprint density at radius 3 is 2.28 bits per heavy atom. The zero-order valence-electron chi connectivity index (χ0n) is 20.1. The minimum Gasteiger partial charge on any atom is -0.493 e. The van der Waals surface area contributed by atoms with E-state index in [2.05, 4.69) is 10.6 Å². The summed E-state index contributed by atoms with van der Waals surface area (Å²) >= 11 is 5.38. The topological polar surface area (TPSA) is 99.0 Å². The second kappa shape index (κ2) is 10.5. The van der Waals surface area contributed by atoms with Gasteiger partial charge in [-0.15, -0.1) is 0 Å². The number of methoxy groups -OCH3 is 3. The van der Waals surface area contributed by atoms with Crippen LogP contribution in [0.5, 0.6) is 17.2 Å². The van der Waals surface area contributed by atoms with Crippen LogP contribution in [0.4, 0.5) is 5.69 Å². The van der Waals surface area contributed by atoms with Gasteiger partial charge in [0.1, 0.15) is 5.58 Å². The third-order valence-electron chi connectivity index (χ3n) is 5.59. The van der Waals surface area contributed by atoms with Gasteiger partial charge in [-0.2, -0.15) is 0 Å². The van der Waals surface area contributed by atoms with E-state index in [4.69, 9.17) is 30.8 Å². The number of nitrogens with one attached hydrogen (secondary N) is 2. The molecule has 9 heteroatoms. The number of hydrogen-bond acceptors (Lipinski definition) is 7. The summed E-state index contributed by atoms with van der Waals surface area (Å²) in [6, 6.07) is 17.6. The number of benzene rings is 3. The Morgan fingerprint density at radius 1 is 0.917 bits per heavy atom. The predicted molar refractivity (Wildman–Crippen MR) is 142 cm³/mol. The fraction of sp³-hybridized carbons (Fsp3) is 0.148. The Labute approximate surface area is 212 Å². The van der Waals surface area contributed by atoms with Crippen molar-refractivity contribution in [3.63, 3.8) is 0 Å². The number of rotatable bonds is 6. The molecule has 1 heterocycles. The summed E-state index contributed by atoms with van der Waals surface area (Å²) < 4.78 is 21.4. The number of fused-ring (bicyclic) bond motifs is 1. The highest BCUT2D eigenvalue weighted by atomic mass is 32.1. The van der Waals surface area contributed by atoms with E-state index >= 15 is 0 Å². The molecule has 1 amide bonds. The minimum atomic E-state index is -0.462. The van der Waals surface area contributed by atoms with Crippen LogP contribution in [0.25, 0.3) is 22.1 Å². The predicted octanol–water partition coefficient (Wildman–Crippen LogP) is 4.92. The Bertz CT molecular complexity index is 1500. The van der Waals surface area contributed by atoms with Crippen molar-refractivity contribution >= 4 is 39.9 Å². The molecule has 0 spiro atoms. The van der Waals surface area contributed by atoms with Crippen molar-refractivity contribution in [1.29, 1.82) is 0 Å². The van der Waals surface area contributed by atoms with Crippen molar-refractivity contribution in [2.24, 2.45) is 0 Å². The van der Waals surface area contributed by atoms with Crippen LogP contribution in [-0.4, -0.2) is 32.3 Å². The molecule has 2 N–H and O–H groups in total. The van der Waals surface area contributed by atoms with Crippen LogP contribution in [0.2, 0.25) is 0 Å². The number of aryl methyl sites for hydroxylation is 1. The highest BCUT2D eigenvalue weighted by molar-refractivity contribution is 7.80. The molecule has 0 atom stereocenters. The highest BCUT2D eigenvalue weighted by Gasteiger charge is 2.18. The van der Waals surface area contributed by atoms with E-state index in [1.165, 1.54) is 33.5 Å². The molecule has 4 aromatic rings. The van der Waals surface area contributed by atoms with Crippen LogP contribution < -0.4 is 30.5 Å². The van der Waals surface area contributed by atoms with Crippen molar-refractivity contribution in [2.45, 2.75) is 6.92 Å². The zero-order valence-corrected chi connectivity index (χ0v) is 20.9. The van der Waals surface area contributed by atoms with Crippen molar-refractivity contribution in [3.05, 3.63) is 82.2 Å². The van der Waals surface area contributed by atoms with Crippen LogP contribution in [0, 0.1) is 6.92 Å². The average molecular weight is 505 g/mol. The van der Waals surface area contributed by atoms with Gasteiger partial charge < -0.3 is 23.9 Å². The molecular formula is C27H24N2O6S. The van der Waals surface area contributed by atoms with E-state index in [9.17, 15) is 9.59 Å².